The summed E-state index contributed by atoms with van der Waals surface area (Å²) >= 11 is 0. The van der Waals surface area contributed by atoms with Gasteiger partial charge < -0.3 is 15.5 Å². The fourth-order valence-corrected chi connectivity index (χ4v) is 0.843. The highest BCUT2D eigenvalue weighted by atomic mass is 19.3. The maximum atomic E-state index is 12.4. The van der Waals surface area contributed by atoms with Gasteiger partial charge in [-0.05, 0) is 26.3 Å². The number of rotatable bonds is 7. The van der Waals surface area contributed by atoms with Gasteiger partial charge in [0.2, 0.25) is 0 Å². The Balaban J connectivity index is 3.49. The summed E-state index contributed by atoms with van der Waals surface area (Å²) in [5, 5.41) is 19.2. The van der Waals surface area contributed by atoms with Crippen LogP contribution in [0.1, 0.15) is 19.8 Å². The van der Waals surface area contributed by atoms with Crippen molar-refractivity contribution in [2.45, 2.75) is 31.8 Å². The van der Waals surface area contributed by atoms with Gasteiger partial charge in [-0.3, -0.25) is 0 Å². The van der Waals surface area contributed by atoms with Crippen molar-refractivity contribution in [3.63, 3.8) is 0 Å². The SMILES string of the molecule is CC(O)CCCNCC(F)(F)C(=O)O. The number of hydrogen-bond donors (Lipinski definition) is 3. The number of aliphatic carboxylic acids is 1. The summed E-state index contributed by atoms with van der Waals surface area (Å²) in [6.45, 7) is 1.00. The van der Waals surface area contributed by atoms with Crippen LogP contribution in [0, 0.1) is 0 Å². The Morgan fingerprint density at radius 2 is 2.14 bits per heavy atom. The summed E-state index contributed by atoms with van der Waals surface area (Å²) in [7, 11) is 0. The van der Waals surface area contributed by atoms with Crippen LogP contribution >= 0.6 is 0 Å². The molecule has 3 N–H and O–H groups in total. The van der Waals surface area contributed by atoms with E-state index in [-0.39, 0.29) is 6.54 Å². The van der Waals surface area contributed by atoms with E-state index in [0.29, 0.717) is 12.8 Å². The number of carboxylic acids is 1. The molecule has 0 aliphatic heterocycles. The minimum absolute atomic E-state index is 0.272. The second-order valence-electron chi connectivity index (χ2n) is 3.18. The first-order chi connectivity index (χ1) is 6.36. The summed E-state index contributed by atoms with van der Waals surface area (Å²) in [6, 6.07) is 0. The lowest BCUT2D eigenvalue weighted by Crippen LogP contribution is -2.40. The summed E-state index contributed by atoms with van der Waals surface area (Å²) < 4.78 is 24.8. The highest BCUT2D eigenvalue weighted by Gasteiger charge is 2.37. The monoisotopic (exact) mass is 211 g/mol. The van der Waals surface area contributed by atoms with Crippen molar-refractivity contribution in [3.8, 4) is 0 Å². The van der Waals surface area contributed by atoms with E-state index in [1.807, 2.05) is 0 Å². The molecular weight excluding hydrogens is 196 g/mol. The Bertz CT molecular complexity index is 185. The first-order valence-electron chi connectivity index (χ1n) is 4.36. The zero-order valence-corrected chi connectivity index (χ0v) is 7.96. The molecule has 0 saturated heterocycles. The minimum atomic E-state index is -3.72. The number of aliphatic hydroxyl groups is 1. The Labute approximate surface area is 80.9 Å². The van der Waals surface area contributed by atoms with Crippen LogP contribution in [-0.4, -0.2) is 41.3 Å². The number of aliphatic hydroxyl groups excluding tert-OH is 1. The molecule has 6 heteroatoms. The topological polar surface area (TPSA) is 69.6 Å². The lowest BCUT2D eigenvalue weighted by Gasteiger charge is -2.12. The highest BCUT2D eigenvalue weighted by Crippen LogP contribution is 2.11. The third-order valence-corrected chi connectivity index (χ3v) is 1.64. The maximum Gasteiger partial charge on any atom is 0.375 e. The van der Waals surface area contributed by atoms with Crippen LogP contribution in [0.4, 0.5) is 8.78 Å². The number of hydrogen-bond acceptors (Lipinski definition) is 3. The van der Waals surface area contributed by atoms with Crippen LogP contribution in [0.5, 0.6) is 0 Å². The molecule has 84 valence electrons. The van der Waals surface area contributed by atoms with E-state index in [1.165, 1.54) is 0 Å². The van der Waals surface area contributed by atoms with Crippen molar-refractivity contribution in [1.82, 2.24) is 5.32 Å². The van der Waals surface area contributed by atoms with Crippen LogP contribution in [0.3, 0.4) is 0 Å². The Morgan fingerprint density at radius 3 is 2.57 bits per heavy atom. The third-order valence-electron chi connectivity index (χ3n) is 1.64. The molecule has 0 bridgehead atoms. The van der Waals surface area contributed by atoms with E-state index in [9.17, 15) is 13.6 Å². The van der Waals surface area contributed by atoms with E-state index in [1.54, 1.807) is 6.92 Å². The predicted octanol–water partition coefficient (Wildman–Crippen LogP) is 0.457. The first kappa shape index (κ1) is 13.2. The smallest absolute Gasteiger partial charge is 0.375 e. The molecule has 0 aliphatic rings. The van der Waals surface area contributed by atoms with Crippen molar-refractivity contribution in [2.75, 3.05) is 13.1 Å². The van der Waals surface area contributed by atoms with Crippen molar-refractivity contribution >= 4 is 5.97 Å². The molecule has 0 spiro atoms. The number of nitrogens with one attached hydrogen (secondary N) is 1. The fraction of sp³-hybridized carbons (Fsp3) is 0.875. The van der Waals surface area contributed by atoms with Crippen LogP contribution in [0.25, 0.3) is 0 Å². The van der Waals surface area contributed by atoms with Crippen LogP contribution in [0.2, 0.25) is 0 Å². The zero-order valence-electron chi connectivity index (χ0n) is 7.96. The molecule has 0 radical (unpaired) electrons. The summed E-state index contributed by atoms with van der Waals surface area (Å²) in [4.78, 5) is 9.96. The van der Waals surface area contributed by atoms with Gasteiger partial charge >= 0.3 is 11.9 Å². The molecule has 0 aromatic carbocycles. The van der Waals surface area contributed by atoms with Crippen molar-refractivity contribution in [1.29, 1.82) is 0 Å². The molecule has 0 aliphatic carbocycles. The van der Waals surface area contributed by atoms with E-state index in [2.05, 4.69) is 5.32 Å². The Kier molecular flexibility index (Phi) is 5.56. The Hall–Kier alpha value is -0.750. The van der Waals surface area contributed by atoms with E-state index >= 15 is 0 Å². The molecule has 0 aromatic heterocycles. The van der Waals surface area contributed by atoms with Crippen LogP contribution in [0.15, 0.2) is 0 Å². The molecule has 1 unspecified atom stereocenters. The van der Waals surface area contributed by atoms with E-state index in [4.69, 9.17) is 10.2 Å². The predicted molar refractivity (Wildman–Crippen MR) is 46.4 cm³/mol. The van der Waals surface area contributed by atoms with Crippen LogP contribution < -0.4 is 5.32 Å². The normalized spacial score (nSPS) is 14.0. The first-order valence-corrected chi connectivity index (χ1v) is 4.36. The van der Waals surface area contributed by atoms with Crippen molar-refractivity contribution in [2.24, 2.45) is 0 Å². The van der Waals surface area contributed by atoms with Gasteiger partial charge in [0, 0.05) is 0 Å². The Morgan fingerprint density at radius 1 is 1.57 bits per heavy atom. The van der Waals surface area contributed by atoms with E-state index < -0.39 is 24.5 Å². The molecule has 4 nitrogen and oxygen atoms in total. The van der Waals surface area contributed by atoms with Gasteiger partial charge in [-0.25, -0.2) is 4.79 Å². The van der Waals surface area contributed by atoms with Gasteiger partial charge in [0.05, 0.1) is 12.6 Å². The second-order valence-corrected chi connectivity index (χ2v) is 3.18. The maximum absolute atomic E-state index is 12.4. The third kappa shape index (κ3) is 5.82. The molecule has 0 aromatic rings. The lowest BCUT2D eigenvalue weighted by atomic mass is 10.2. The van der Waals surface area contributed by atoms with Gasteiger partial charge in [-0.15, -0.1) is 0 Å². The van der Waals surface area contributed by atoms with Crippen molar-refractivity contribution in [3.05, 3.63) is 0 Å². The average Bonchev–Trinajstić information content (AvgIpc) is 2.02. The molecule has 0 amide bonds. The second kappa shape index (κ2) is 5.87. The molecule has 0 fully saturated rings. The molecule has 0 rings (SSSR count). The van der Waals surface area contributed by atoms with Crippen molar-refractivity contribution < 1.29 is 23.8 Å². The summed E-state index contributed by atoms with van der Waals surface area (Å²) in [5.41, 5.74) is 0. The van der Waals surface area contributed by atoms with Gasteiger partial charge in [-0.2, -0.15) is 8.78 Å². The van der Waals surface area contributed by atoms with E-state index in [0.717, 1.165) is 0 Å². The zero-order chi connectivity index (χ0) is 11.2. The number of carboxylic acid groups (broad SMARTS) is 1. The largest absolute Gasteiger partial charge is 0.477 e. The van der Waals surface area contributed by atoms with Gasteiger partial charge in [0.1, 0.15) is 0 Å². The lowest BCUT2D eigenvalue weighted by molar-refractivity contribution is -0.164. The standard InChI is InChI=1S/C8H15F2NO3/c1-6(12)3-2-4-11-5-8(9,10)7(13)14/h6,11-12H,2-5H2,1H3,(H,13,14). The molecule has 0 saturated carbocycles. The van der Waals surface area contributed by atoms with Gasteiger partial charge in [0.15, 0.2) is 0 Å². The number of alkyl halides is 2. The quantitative estimate of drug-likeness (QED) is 0.535. The molecule has 0 heterocycles. The molecule has 14 heavy (non-hydrogen) atoms. The summed E-state index contributed by atoms with van der Waals surface area (Å²) in [6.07, 6.45) is 0.579. The highest BCUT2D eigenvalue weighted by molar-refractivity contribution is 5.75. The minimum Gasteiger partial charge on any atom is -0.477 e. The number of halogens is 2. The van der Waals surface area contributed by atoms with Gasteiger partial charge in [-0.1, -0.05) is 0 Å². The fourth-order valence-electron chi connectivity index (χ4n) is 0.843. The number of carbonyl (C=O) groups is 1. The van der Waals surface area contributed by atoms with Gasteiger partial charge in [0.25, 0.3) is 0 Å². The molecular formula is C8H15F2NO3. The average molecular weight is 211 g/mol. The summed E-state index contributed by atoms with van der Waals surface area (Å²) in [5.74, 6) is -5.84. The van der Waals surface area contributed by atoms with Crippen LogP contribution in [-0.2, 0) is 4.79 Å². The molecule has 1 atom stereocenters.